The zero-order valence-electron chi connectivity index (χ0n) is 14.7. The number of hydrogen-bond acceptors (Lipinski definition) is 5. The maximum absolute atomic E-state index is 13.1. The third-order valence-electron chi connectivity index (χ3n) is 4.31. The van der Waals surface area contributed by atoms with Crippen LogP contribution in [0, 0.1) is 10.1 Å². The second-order valence-corrected chi connectivity index (χ2v) is 6.62. The van der Waals surface area contributed by atoms with Gasteiger partial charge in [0, 0.05) is 35.6 Å². The van der Waals surface area contributed by atoms with Gasteiger partial charge in [-0.25, -0.2) is 5.01 Å². The minimum absolute atomic E-state index is 0.00701. The van der Waals surface area contributed by atoms with Crippen LogP contribution in [-0.4, -0.2) is 32.7 Å². The smallest absolute Gasteiger partial charge is 0.273 e. The van der Waals surface area contributed by atoms with E-state index in [4.69, 9.17) is 11.6 Å². The number of carbonyl (C=O) groups excluding carboxylic acids is 3. The second kappa shape index (κ2) is 8.18. The van der Waals surface area contributed by atoms with E-state index in [9.17, 15) is 24.5 Å². The molecule has 0 bridgehead atoms. The van der Waals surface area contributed by atoms with Crippen molar-refractivity contribution in [3.63, 3.8) is 0 Å². The maximum Gasteiger partial charge on any atom is 0.273 e. The summed E-state index contributed by atoms with van der Waals surface area (Å²) in [5.74, 6) is -1.70. The average molecular weight is 402 g/mol. The number of hydrazine groups is 1. The molecule has 0 N–H and O–H groups in total. The molecule has 2 aromatic carbocycles. The van der Waals surface area contributed by atoms with Crippen LogP contribution in [0.5, 0.6) is 0 Å². The minimum Gasteiger partial charge on any atom is -0.273 e. The largest absolute Gasteiger partial charge is 0.273 e. The van der Waals surface area contributed by atoms with Crippen LogP contribution in [0.2, 0.25) is 5.02 Å². The molecule has 9 heteroatoms. The fraction of sp³-hybridized carbons (Fsp3) is 0.211. The highest BCUT2D eigenvalue weighted by molar-refractivity contribution is 6.31. The molecule has 0 spiro atoms. The number of hydrogen-bond donors (Lipinski definition) is 0. The molecule has 0 radical (unpaired) electrons. The lowest BCUT2D eigenvalue weighted by atomic mass is 10.1. The van der Waals surface area contributed by atoms with Gasteiger partial charge in [-0.2, -0.15) is 5.01 Å². The Hall–Kier alpha value is -3.26. The number of nitrogens with zero attached hydrogens (tertiary/aromatic N) is 3. The van der Waals surface area contributed by atoms with Crippen LogP contribution >= 0.6 is 11.6 Å². The molecule has 3 rings (SSSR count). The summed E-state index contributed by atoms with van der Waals surface area (Å²) in [5, 5.41) is 13.2. The summed E-state index contributed by atoms with van der Waals surface area (Å²) in [4.78, 5) is 48.4. The normalized spacial score (nSPS) is 14.1. The molecule has 8 nitrogen and oxygen atoms in total. The Kier molecular flexibility index (Phi) is 5.70. The van der Waals surface area contributed by atoms with Crippen LogP contribution in [0.25, 0.3) is 0 Å². The van der Waals surface area contributed by atoms with Crippen molar-refractivity contribution in [1.29, 1.82) is 0 Å². The van der Waals surface area contributed by atoms with E-state index in [0.717, 1.165) is 16.1 Å². The van der Waals surface area contributed by atoms with Crippen molar-refractivity contribution in [2.45, 2.75) is 25.8 Å². The molecule has 144 valence electrons. The van der Waals surface area contributed by atoms with Crippen LogP contribution in [-0.2, 0) is 16.1 Å². The van der Waals surface area contributed by atoms with Gasteiger partial charge in [-0.05, 0) is 24.1 Å². The van der Waals surface area contributed by atoms with Gasteiger partial charge in [0.15, 0.2) is 0 Å². The summed E-state index contributed by atoms with van der Waals surface area (Å²) in [6.07, 6.45) is 0.680. The Morgan fingerprint density at radius 1 is 1.11 bits per heavy atom. The summed E-state index contributed by atoms with van der Waals surface area (Å²) in [7, 11) is 0. The molecule has 0 aliphatic carbocycles. The van der Waals surface area contributed by atoms with Crippen LogP contribution in [0.1, 0.15) is 35.2 Å². The Morgan fingerprint density at radius 2 is 1.79 bits per heavy atom. The molecule has 0 unspecified atom stereocenters. The van der Waals surface area contributed by atoms with E-state index in [-0.39, 0.29) is 30.6 Å². The summed E-state index contributed by atoms with van der Waals surface area (Å²) in [6.45, 7) is -0.126. The van der Waals surface area contributed by atoms with Crippen LogP contribution in [0.3, 0.4) is 0 Å². The topological polar surface area (TPSA) is 101 Å². The Bertz CT molecular complexity index is 946. The Labute approximate surface area is 165 Å². The number of nitro benzene ring substituents is 1. The molecule has 1 aliphatic rings. The molecule has 1 fully saturated rings. The van der Waals surface area contributed by atoms with E-state index in [1.165, 1.54) is 18.2 Å². The van der Waals surface area contributed by atoms with E-state index in [2.05, 4.69) is 0 Å². The summed E-state index contributed by atoms with van der Waals surface area (Å²) >= 11 is 6.18. The molecule has 0 atom stereocenters. The summed E-state index contributed by atoms with van der Waals surface area (Å²) < 4.78 is 0. The molecule has 1 saturated heterocycles. The quantitative estimate of drug-likeness (QED) is 0.434. The number of piperidine rings is 1. The molecule has 2 aromatic rings. The number of carbonyl (C=O) groups is 3. The molecular formula is C19H16ClN3O5. The fourth-order valence-electron chi connectivity index (χ4n) is 2.93. The van der Waals surface area contributed by atoms with Crippen molar-refractivity contribution in [3.8, 4) is 0 Å². The first-order valence-corrected chi connectivity index (χ1v) is 8.91. The average Bonchev–Trinajstić information content (AvgIpc) is 2.68. The lowest BCUT2D eigenvalue weighted by Crippen LogP contribution is -2.54. The highest BCUT2D eigenvalue weighted by Crippen LogP contribution is 2.24. The first kappa shape index (κ1) is 19.5. The van der Waals surface area contributed by atoms with Crippen molar-refractivity contribution < 1.29 is 19.3 Å². The van der Waals surface area contributed by atoms with E-state index in [1.807, 2.05) is 0 Å². The van der Waals surface area contributed by atoms with E-state index in [1.54, 1.807) is 24.3 Å². The molecule has 0 aromatic heterocycles. The molecule has 0 saturated carbocycles. The molecule has 28 heavy (non-hydrogen) atoms. The first-order chi connectivity index (χ1) is 13.4. The van der Waals surface area contributed by atoms with Gasteiger partial charge in [-0.1, -0.05) is 35.9 Å². The van der Waals surface area contributed by atoms with Gasteiger partial charge in [0.05, 0.1) is 11.5 Å². The lowest BCUT2D eigenvalue weighted by Gasteiger charge is -2.35. The van der Waals surface area contributed by atoms with E-state index < -0.39 is 22.6 Å². The zero-order valence-corrected chi connectivity index (χ0v) is 15.5. The lowest BCUT2D eigenvalue weighted by molar-refractivity contribution is -0.384. The summed E-state index contributed by atoms with van der Waals surface area (Å²) in [5.41, 5.74) is 0.265. The van der Waals surface area contributed by atoms with Crippen LogP contribution in [0.15, 0.2) is 48.5 Å². The van der Waals surface area contributed by atoms with Gasteiger partial charge in [-0.15, -0.1) is 0 Å². The number of amides is 3. The van der Waals surface area contributed by atoms with Crippen molar-refractivity contribution in [1.82, 2.24) is 10.0 Å². The maximum atomic E-state index is 13.1. The van der Waals surface area contributed by atoms with Crippen LogP contribution in [0.4, 0.5) is 5.69 Å². The van der Waals surface area contributed by atoms with Crippen LogP contribution < -0.4 is 0 Å². The third-order valence-corrected chi connectivity index (χ3v) is 4.68. The molecule has 1 aliphatic heterocycles. The standard InChI is InChI=1S/C19H16ClN3O5/c20-16-8-2-1-5-14(16)12-21(22-17(24)9-4-10-18(22)25)19(26)13-6-3-7-15(11-13)23(27)28/h1-3,5-8,11H,4,9-10,12H2. The molecule has 3 amide bonds. The monoisotopic (exact) mass is 401 g/mol. The predicted molar refractivity (Wildman–Crippen MR) is 100 cm³/mol. The zero-order chi connectivity index (χ0) is 20.3. The number of benzene rings is 2. The van der Waals surface area contributed by atoms with Crippen molar-refractivity contribution >= 4 is 35.0 Å². The minimum atomic E-state index is -0.702. The number of imide groups is 1. The molecular weight excluding hydrogens is 386 g/mol. The van der Waals surface area contributed by atoms with Gasteiger partial charge >= 0.3 is 0 Å². The SMILES string of the molecule is O=C(c1cccc([N+](=O)[O-])c1)N(Cc1ccccc1Cl)N1C(=O)CCCC1=O. The highest BCUT2D eigenvalue weighted by Gasteiger charge is 2.35. The van der Waals surface area contributed by atoms with Gasteiger partial charge in [-0.3, -0.25) is 24.5 Å². The third kappa shape index (κ3) is 4.01. The predicted octanol–water partition coefficient (Wildman–Crippen LogP) is 3.34. The van der Waals surface area contributed by atoms with E-state index >= 15 is 0 Å². The second-order valence-electron chi connectivity index (χ2n) is 6.21. The van der Waals surface area contributed by atoms with E-state index in [0.29, 0.717) is 17.0 Å². The van der Waals surface area contributed by atoms with Crippen molar-refractivity contribution in [2.75, 3.05) is 0 Å². The van der Waals surface area contributed by atoms with Gasteiger partial charge < -0.3 is 0 Å². The van der Waals surface area contributed by atoms with Gasteiger partial charge in [0.1, 0.15) is 0 Å². The number of nitro groups is 1. The Morgan fingerprint density at radius 3 is 2.43 bits per heavy atom. The number of rotatable bonds is 5. The highest BCUT2D eigenvalue weighted by atomic mass is 35.5. The number of halogens is 1. The fourth-order valence-corrected chi connectivity index (χ4v) is 3.13. The van der Waals surface area contributed by atoms with Crippen molar-refractivity contribution in [2.24, 2.45) is 0 Å². The number of non-ortho nitro benzene ring substituents is 1. The van der Waals surface area contributed by atoms with Crippen molar-refractivity contribution in [3.05, 3.63) is 74.8 Å². The molecule has 1 heterocycles. The van der Waals surface area contributed by atoms with Gasteiger partial charge in [0.2, 0.25) is 11.8 Å². The first-order valence-electron chi connectivity index (χ1n) is 8.54. The Balaban J connectivity index is 2.02. The summed E-state index contributed by atoms with van der Waals surface area (Å²) in [6, 6.07) is 11.9. The van der Waals surface area contributed by atoms with Gasteiger partial charge in [0.25, 0.3) is 11.6 Å².